The molecule has 0 saturated heterocycles. The lowest BCUT2D eigenvalue weighted by atomic mass is 10.2. The fourth-order valence-electron chi connectivity index (χ4n) is 1.48. The summed E-state index contributed by atoms with van der Waals surface area (Å²) in [5, 5.41) is 8.16. The SMILES string of the molecule is Cc1nnc(-c2cccc(OCCN)c2)nc1C. The molecule has 0 aliphatic heterocycles. The molecule has 0 amide bonds. The molecule has 2 N–H and O–H groups in total. The minimum absolute atomic E-state index is 0.492. The van der Waals surface area contributed by atoms with Crippen molar-refractivity contribution < 1.29 is 4.74 Å². The van der Waals surface area contributed by atoms with Crippen LogP contribution in [0.5, 0.6) is 5.75 Å². The minimum Gasteiger partial charge on any atom is -0.492 e. The first-order valence-electron chi connectivity index (χ1n) is 5.82. The Kier molecular flexibility index (Phi) is 3.84. The molecule has 18 heavy (non-hydrogen) atoms. The third-order valence-electron chi connectivity index (χ3n) is 2.57. The van der Waals surface area contributed by atoms with Crippen LogP contribution in [0, 0.1) is 13.8 Å². The summed E-state index contributed by atoms with van der Waals surface area (Å²) in [4.78, 5) is 4.41. The van der Waals surface area contributed by atoms with Crippen LogP contribution < -0.4 is 10.5 Å². The molecule has 0 aliphatic rings. The van der Waals surface area contributed by atoms with Crippen molar-refractivity contribution >= 4 is 0 Å². The molecular weight excluding hydrogens is 228 g/mol. The van der Waals surface area contributed by atoms with Crippen LogP contribution in [0.1, 0.15) is 11.4 Å². The van der Waals surface area contributed by atoms with Gasteiger partial charge in [0.2, 0.25) is 0 Å². The monoisotopic (exact) mass is 244 g/mol. The molecule has 94 valence electrons. The summed E-state index contributed by atoms with van der Waals surface area (Å²) in [5.74, 6) is 1.37. The normalized spacial score (nSPS) is 10.4. The Hall–Kier alpha value is -2.01. The number of aromatic nitrogens is 3. The Morgan fingerprint density at radius 1 is 1.17 bits per heavy atom. The van der Waals surface area contributed by atoms with Crippen LogP contribution in [0.25, 0.3) is 11.4 Å². The van der Waals surface area contributed by atoms with Gasteiger partial charge in [-0.2, -0.15) is 5.10 Å². The van der Waals surface area contributed by atoms with Crippen LogP contribution in [-0.4, -0.2) is 28.3 Å². The molecule has 0 atom stereocenters. The van der Waals surface area contributed by atoms with E-state index in [9.17, 15) is 0 Å². The highest BCUT2D eigenvalue weighted by Crippen LogP contribution is 2.20. The van der Waals surface area contributed by atoms with Crippen molar-refractivity contribution in [2.75, 3.05) is 13.2 Å². The van der Waals surface area contributed by atoms with Gasteiger partial charge in [-0.3, -0.25) is 0 Å². The Morgan fingerprint density at radius 3 is 2.72 bits per heavy atom. The number of ether oxygens (including phenoxy) is 1. The predicted molar refractivity (Wildman–Crippen MR) is 69.3 cm³/mol. The number of hydrogen-bond acceptors (Lipinski definition) is 5. The van der Waals surface area contributed by atoms with E-state index in [0.29, 0.717) is 19.0 Å². The van der Waals surface area contributed by atoms with Gasteiger partial charge in [0.05, 0.1) is 11.4 Å². The summed E-state index contributed by atoms with van der Waals surface area (Å²) in [5.41, 5.74) is 8.02. The van der Waals surface area contributed by atoms with Crippen LogP contribution >= 0.6 is 0 Å². The zero-order valence-corrected chi connectivity index (χ0v) is 10.6. The van der Waals surface area contributed by atoms with E-state index < -0.39 is 0 Å². The lowest BCUT2D eigenvalue weighted by molar-refractivity contribution is 0.328. The molecule has 1 heterocycles. The second-order valence-corrected chi connectivity index (χ2v) is 3.97. The molecule has 0 radical (unpaired) electrons. The van der Waals surface area contributed by atoms with E-state index in [1.165, 1.54) is 0 Å². The van der Waals surface area contributed by atoms with Gasteiger partial charge in [0, 0.05) is 12.1 Å². The smallest absolute Gasteiger partial charge is 0.182 e. The fraction of sp³-hybridized carbons (Fsp3) is 0.308. The topological polar surface area (TPSA) is 73.9 Å². The number of hydrogen-bond donors (Lipinski definition) is 1. The molecule has 0 aliphatic carbocycles. The highest BCUT2D eigenvalue weighted by molar-refractivity contribution is 5.57. The third-order valence-corrected chi connectivity index (χ3v) is 2.57. The molecular formula is C13H16N4O. The first-order chi connectivity index (χ1) is 8.70. The Labute approximate surface area is 106 Å². The van der Waals surface area contributed by atoms with Gasteiger partial charge >= 0.3 is 0 Å². The Balaban J connectivity index is 2.29. The van der Waals surface area contributed by atoms with E-state index in [1.54, 1.807) is 0 Å². The van der Waals surface area contributed by atoms with Crippen LogP contribution in [0.2, 0.25) is 0 Å². The van der Waals surface area contributed by atoms with Gasteiger partial charge in [-0.1, -0.05) is 12.1 Å². The molecule has 0 fully saturated rings. The fourth-order valence-corrected chi connectivity index (χ4v) is 1.48. The maximum Gasteiger partial charge on any atom is 0.182 e. The van der Waals surface area contributed by atoms with Gasteiger partial charge in [-0.25, -0.2) is 4.98 Å². The Morgan fingerprint density at radius 2 is 2.00 bits per heavy atom. The van der Waals surface area contributed by atoms with Crippen LogP contribution in [0.4, 0.5) is 0 Å². The lowest BCUT2D eigenvalue weighted by Gasteiger charge is -2.06. The summed E-state index contributed by atoms with van der Waals surface area (Å²) in [6, 6.07) is 7.61. The average molecular weight is 244 g/mol. The van der Waals surface area contributed by atoms with Crippen LogP contribution in [-0.2, 0) is 0 Å². The molecule has 5 nitrogen and oxygen atoms in total. The van der Waals surface area contributed by atoms with E-state index in [-0.39, 0.29) is 0 Å². The van der Waals surface area contributed by atoms with E-state index in [4.69, 9.17) is 10.5 Å². The van der Waals surface area contributed by atoms with Gasteiger partial charge in [-0.15, -0.1) is 5.10 Å². The van der Waals surface area contributed by atoms with Crippen molar-refractivity contribution in [2.24, 2.45) is 5.73 Å². The molecule has 5 heteroatoms. The minimum atomic E-state index is 0.492. The van der Waals surface area contributed by atoms with E-state index in [1.807, 2.05) is 38.1 Å². The molecule has 2 aromatic rings. The second-order valence-electron chi connectivity index (χ2n) is 3.97. The second kappa shape index (κ2) is 5.55. The quantitative estimate of drug-likeness (QED) is 0.882. The molecule has 1 aromatic carbocycles. The number of nitrogens with zero attached hydrogens (tertiary/aromatic N) is 3. The van der Waals surface area contributed by atoms with Gasteiger partial charge in [0.15, 0.2) is 5.82 Å². The van der Waals surface area contributed by atoms with E-state index >= 15 is 0 Å². The van der Waals surface area contributed by atoms with Crippen molar-refractivity contribution in [1.29, 1.82) is 0 Å². The average Bonchev–Trinajstić information content (AvgIpc) is 2.40. The maximum absolute atomic E-state index is 5.47. The van der Waals surface area contributed by atoms with Gasteiger partial charge in [-0.05, 0) is 26.0 Å². The molecule has 0 unspecified atom stereocenters. The number of benzene rings is 1. The number of aryl methyl sites for hydroxylation is 2. The molecule has 0 bridgehead atoms. The van der Waals surface area contributed by atoms with E-state index in [2.05, 4.69) is 15.2 Å². The largest absolute Gasteiger partial charge is 0.492 e. The zero-order valence-electron chi connectivity index (χ0n) is 10.6. The first-order valence-corrected chi connectivity index (χ1v) is 5.82. The Bertz CT molecular complexity index is 542. The van der Waals surface area contributed by atoms with Crippen LogP contribution in [0.15, 0.2) is 24.3 Å². The number of rotatable bonds is 4. The number of nitrogens with two attached hydrogens (primary N) is 1. The first kappa shape index (κ1) is 12.4. The zero-order chi connectivity index (χ0) is 13.0. The van der Waals surface area contributed by atoms with Gasteiger partial charge in [0.25, 0.3) is 0 Å². The molecule has 0 spiro atoms. The third kappa shape index (κ3) is 2.81. The highest BCUT2D eigenvalue weighted by atomic mass is 16.5. The van der Waals surface area contributed by atoms with Crippen molar-refractivity contribution in [1.82, 2.24) is 15.2 Å². The van der Waals surface area contributed by atoms with Crippen molar-refractivity contribution in [3.05, 3.63) is 35.7 Å². The van der Waals surface area contributed by atoms with Gasteiger partial charge in [0.1, 0.15) is 12.4 Å². The standard InChI is InChI=1S/C13H16N4O/c1-9-10(2)16-17-13(15-9)11-4-3-5-12(8-11)18-7-6-14/h3-5,8H,6-7,14H2,1-2H3. The van der Waals surface area contributed by atoms with E-state index in [0.717, 1.165) is 22.7 Å². The van der Waals surface area contributed by atoms with Crippen LogP contribution in [0.3, 0.4) is 0 Å². The van der Waals surface area contributed by atoms with Gasteiger partial charge < -0.3 is 10.5 Å². The maximum atomic E-state index is 5.47. The van der Waals surface area contributed by atoms with Crippen molar-refractivity contribution in [2.45, 2.75) is 13.8 Å². The summed E-state index contributed by atoms with van der Waals surface area (Å²) < 4.78 is 5.47. The molecule has 2 rings (SSSR count). The molecule has 1 aromatic heterocycles. The summed E-state index contributed by atoms with van der Waals surface area (Å²) in [7, 11) is 0. The summed E-state index contributed by atoms with van der Waals surface area (Å²) in [6.07, 6.45) is 0. The molecule has 0 saturated carbocycles. The summed E-state index contributed by atoms with van der Waals surface area (Å²) in [6.45, 7) is 4.80. The predicted octanol–water partition coefficient (Wildman–Crippen LogP) is 1.49. The summed E-state index contributed by atoms with van der Waals surface area (Å²) >= 11 is 0. The lowest BCUT2D eigenvalue weighted by Crippen LogP contribution is -2.10. The highest BCUT2D eigenvalue weighted by Gasteiger charge is 2.05. The van der Waals surface area contributed by atoms with Crippen molar-refractivity contribution in [3.8, 4) is 17.1 Å². The van der Waals surface area contributed by atoms with Crippen molar-refractivity contribution in [3.63, 3.8) is 0 Å².